The van der Waals surface area contributed by atoms with Gasteiger partial charge < -0.3 is 5.32 Å². The SMILES string of the molecule is CCn1c(=O)nc(Nc2cc(C)c(C)cc2C)[nH]c1=O. The summed E-state index contributed by atoms with van der Waals surface area (Å²) in [6, 6.07) is 4.01. The molecule has 2 rings (SSSR count). The Morgan fingerprint density at radius 2 is 1.80 bits per heavy atom. The van der Waals surface area contributed by atoms with Crippen LogP contribution < -0.4 is 16.7 Å². The van der Waals surface area contributed by atoms with Crippen LogP contribution in [0.2, 0.25) is 0 Å². The molecule has 0 amide bonds. The summed E-state index contributed by atoms with van der Waals surface area (Å²) in [5, 5.41) is 2.99. The van der Waals surface area contributed by atoms with Crippen LogP contribution in [0.25, 0.3) is 0 Å². The molecule has 6 heteroatoms. The van der Waals surface area contributed by atoms with Gasteiger partial charge in [-0.2, -0.15) is 4.98 Å². The summed E-state index contributed by atoms with van der Waals surface area (Å²) >= 11 is 0. The van der Waals surface area contributed by atoms with E-state index >= 15 is 0 Å². The van der Waals surface area contributed by atoms with Crippen molar-refractivity contribution in [3.05, 3.63) is 49.8 Å². The van der Waals surface area contributed by atoms with Gasteiger partial charge in [-0.25, -0.2) is 14.2 Å². The predicted octanol–water partition coefficient (Wildman–Crippen LogP) is 1.62. The third kappa shape index (κ3) is 2.64. The van der Waals surface area contributed by atoms with Crippen molar-refractivity contribution in [1.82, 2.24) is 14.5 Å². The van der Waals surface area contributed by atoms with Gasteiger partial charge in [0, 0.05) is 12.2 Å². The van der Waals surface area contributed by atoms with E-state index in [1.165, 1.54) is 5.56 Å². The maximum atomic E-state index is 11.7. The van der Waals surface area contributed by atoms with Crippen molar-refractivity contribution in [2.24, 2.45) is 0 Å². The van der Waals surface area contributed by atoms with Gasteiger partial charge in [-0.3, -0.25) is 4.98 Å². The number of aromatic amines is 1. The largest absolute Gasteiger partial charge is 0.354 e. The average Bonchev–Trinajstić information content (AvgIpc) is 2.35. The maximum absolute atomic E-state index is 11.7. The van der Waals surface area contributed by atoms with Crippen LogP contribution in [0.4, 0.5) is 11.6 Å². The van der Waals surface area contributed by atoms with Crippen molar-refractivity contribution in [2.75, 3.05) is 5.32 Å². The highest BCUT2D eigenvalue weighted by atomic mass is 16.2. The zero-order valence-corrected chi connectivity index (χ0v) is 12.1. The first kappa shape index (κ1) is 14.0. The molecule has 0 saturated heterocycles. The monoisotopic (exact) mass is 274 g/mol. The lowest BCUT2D eigenvalue weighted by atomic mass is 10.1. The van der Waals surface area contributed by atoms with E-state index in [0.29, 0.717) is 6.54 Å². The Kier molecular flexibility index (Phi) is 3.74. The number of rotatable bonds is 3. The maximum Gasteiger partial charge on any atom is 0.354 e. The molecule has 106 valence electrons. The van der Waals surface area contributed by atoms with E-state index in [4.69, 9.17) is 0 Å². The molecule has 20 heavy (non-hydrogen) atoms. The van der Waals surface area contributed by atoms with Crippen molar-refractivity contribution in [1.29, 1.82) is 0 Å². The molecule has 0 aliphatic heterocycles. The highest BCUT2D eigenvalue weighted by Crippen LogP contribution is 2.21. The second-order valence-corrected chi connectivity index (χ2v) is 4.79. The summed E-state index contributed by atoms with van der Waals surface area (Å²) in [7, 11) is 0. The van der Waals surface area contributed by atoms with E-state index in [0.717, 1.165) is 21.4 Å². The molecule has 0 bridgehead atoms. The van der Waals surface area contributed by atoms with Crippen LogP contribution in [0.5, 0.6) is 0 Å². The van der Waals surface area contributed by atoms with Crippen LogP contribution in [0.1, 0.15) is 23.6 Å². The first-order valence-corrected chi connectivity index (χ1v) is 6.48. The van der Waals surface area contributed by atoms with Crippen LogP contribution in [0.3, 0.4) is 0 Å². The summed E-state index contributed by atoms with van der Waals surface area (Å²) in [6.45, 7) is 8.02. The molecule has 1 heterocycles. The number of nitrogens with zero attached hydrogens (tertiary/aromatic N) is 2. The fourth-order valence-electron chi connectivity index (χ4n) is 2.00. The van der Waals surface area contributed by atoms with Gasteiger partial charge in [-0.1, -0.05) is 6.07 Å². The Hall–Kier alpha value is -2.37. The smallest absolute Gasteiger partial charge is 0.325 e. The topological polar surface area (TPSA) is 79.8 Å². The Bertz CT molecular complexity index is 727. The molecule has 2 aromatic rings. The zero-order chi connectivity index (χ0) is 14.9. The van der Waals surface area contributed by atoms with Crippen molar-refractivity contribution in [2.45, 2.75) is 34.2 Å². The second-order valence-electron chi connectivity index (χ2n) is 4.79. The molecular weight excluding hydrogens is 256 g/mol. The Morgan fingerprint density at radius 3 is 2.40 bits per heavy atom. The quantitative estimate of drug-likeness (QED) is 0.891. The van der Waals surface area contributed by atoms with Crippen LogP contribution >= 0.6 is 0 Å². The van der Waals surface area contributed by atoms with E-state index in [2.05, 4.69) is 15.3 Å². The Balaban J connectivity index is 2.43. The summed E-state index contributed by atoms with van der Waals surface area (Å²) < 4.78 is 1.04. The number of nitrogens with one attached hydrogen (secondary N) is 2. The van der Waals surface area contributed by atoms with Crippen LogP contribution in [0.15, 0.2) is 21.7 Å². The fraction of sp³-hybridized carbons (Fsp3) is 0.357. The molecule has 0 spiro atoms. The summed E-state index contributed by atoms with van der Waals surface area (Å²) in [4.78, 5) is 29.8. The van der Waals surface area contributed by atoms with Gasteiger partial charge in [0.15, 0.2) is 0 Å². The lowest BCUT2D eigenvalue weighted by molar-refractivity contribution is 0.646. The van der Waals surface area contributed by atoms with Gasteiger partial charge in [0.1, 0.15) is 0 Å². The second kappa shape index (κ2) is 5.32. The molecular formula is C14H18N4O2. The van der Waals surface area contributed by atoms with E-state index < -0.39 is 11.4 Å². The fourth-order valence-corrected chi connectivity index (χ4v) is 2.00. The molecule has 0 atom stereocenters. The highest BCUT2D eigenvalue weighted by Gasteiger charge is 2.07. The molecule has 0 fully saturated rings. The van der Waals surface area contributed by atoms with E-state index in [1.54, 1.807) is 6.92 Å². The molecule has 1 aromatic heterocycles. The lowest BCUT2D eigenvalue weighted by Gasteiger charge is -2.11. The normalized spacial score (nSPS) is 10.6. The number of hydrogen-bond acceptors (Lipinski definition) is 4. The molecule has 0 radical (unpaired) electrons. The van der Waals surface area contributed by atoms with Crippen molar-refractivity contribution >= 4 is 11.6 Å². The minimum Gasteiger partial charge on any atom is -0.325 e. The predicted molar refractivity (Wildman–Crippen MR) is 78.7 cm³/mol. The van der Waals surface area contributed by atoms with Crippen LogP contribution in [0, 0.1) is 20.8 Å². The van der Waals surface area contributed by atoms with E-state index in [1.807, 2.05) is 32.9 Å². The number of hydrogen-bond donors (Lipinski definition) is 2. The van der Waals surface area contributed by atoms with Gasteiger partial charge in [0.05, 0.1) is 0 Å². The number of benzene rings is 1. The third-order valence-corrected chi connectivity index (χ3v) is 3.32. The van der Waals surface area contributed by atoms with Crippen molar-refractivity contribution < 1.29 is 0 Å². The first-order chi connectivity index (χ1) is 9.42. The van der Waals surface area contributed by atoms with Crippen LogP contribution in [-0.4, -0.2) is 14.5 Å². The van der Waals surface area contributed by atoms with Gasteiger partial charge >= 0.3 is 11.4 Å². The highest BCUT2D eigenvalue weighted by molar-refractivity contribution is 5.60. The summed E-state index contributed by atoms with van der Waals surface area (Å²) in [5.74, 6) is 0.163. The van der Waals surface area contributed by atoms with Gasteiger partial charge in [0.2, 0.25) is 5.95 Å². The molecule has 0 saturated carbocycles. The van der Waals surface area contributed by atoms with Crippen molar-refractivity contribution in [3.8, 4) is 0 Å². The Labute approximate surface area is 116 Å². The van der Waals surface area contributed by atoms with Crippen molar-refractivity contribution in [3.63, 3.8) is 0 Å². The average molecular weight is 274 g/mol. The van der Waals surface area contributed by atoms with E-state index in [-0.39, 0.29) is 5.95 Å². The molecule has 6 nitrogen and oxygen atoms in total. The Morgan fingerprint density at radius 1 is 1.15 bits per heavy atom. The van der Waals surface area contributed by atoms with Crippen LogP contribution in [-0.2, 0) is 6.54 Å². The minimum absolute atomic E-state index is 0.163. The molecule has 0 aliphatic carbocycles. The molecule has 1 aromatic carbocycles. The van der Waals surface area contributed by atoms with Gasteiger partial charge in [-0.15, -0.1) is 0 Å². The van der Waals surface area contributed by atoms with Gasteiger partial charge in [0.25, 0.3) is 0 Å². The number of aromatic nitrogens is 3. The molecule has 0 unspecified atom stereocenters. The molecule has 0 aliphatic rings. The first-order valence-electron chi connectivity index (χ1n) is 6.48. The van der Waals surface area contributed by atoms with Gasteiger partial charge in [-0.05, 0) is 50.5 Å². The standard InChI is InChI=1S/C14H18N4O2/c1-5-18-13(19)16-12(17-14(18)20)15-11-7-9(3)8(2)6-10(11)4/h6-7H,5H2,1-4H3,(H2,15,16,17,19,20). The summed E-state index contributed by atoms with van der Waals surface area (Å²) in [6.07, 6.45) is 0. The summed E-state index contributed by atoms with van der Waals surface area (Å²) in [5.41, 5.74) is 3.15. The lowest BCUT2D eigenvalue weighted by Crippen LogP contribution is -2.36. The zero-order valence-electron chi connectivity index (χ0n) is 12.1. The number of anilines is 2. The number of H-pyrrole nitrogens is 1. The minimum atomic E-state index is -0.555. The molecule has 2 N–H and O–H groups in total. The third-order valence-electron chi connectivity index (χ3n) is 3.32. The van der Waals surface area contributed by atoms with E-state index in [9.17, 15) is 9.59 Å². The number of aryl methyl sites for hydroxylation is 3.